The smallest absolute Gasteiger partial charge is 0.330 e. The minimum atomic E-state index is -0.154. The number of pyridine rings is 1. The maximum absolute atomic E-state index is 12.3. The Morgan fingerprint density at radius 2 is 2.00 bits per heavy atom. The van der Waals surface area contributed by atoms with E-state index in [1.807, 2.05) is 49.5 Å². The highest BCUT2D eigenvalue weighted by molar-refractivity contribution is 9.10. The number of carbonyl (C=O) groups is 1. The summed E-state index contributed by atoms with van der Waals surface area (Å²) in [4.78, 5) is 36.7. The van der Waals surface area contributed by atoms with Crippen LogP contribution in [0.5, 0.6) is 0 Å². The highest BCUT2D eigenvalue weighted by atomic mass is 79.9. The summed E-state index contributed by atoms with van der Waals surface area (Å²) in [5, 5.41) is 2.83. The summed E-state index contributed by atoms with van der Waals surface area (Å²) in [5.41, 5.74) is 5.06. The van der Waals surface area contributed by atoms with Gasteiger partial charge in [-0.1, -0.05) is 0 Å². The summed E-state index contributed by atoms with van der Waals surface area (Å²) < 4.78 is 2.51. The number of rotatable bonds is 5. The van der Waals surface area contributed by atoms with Crippen molar-refractivity contribution >= 4 is 44.1 Å². The fourth-order valence-electron chi connectivity index (χ4n) is 4.39. The van der Waals surface area contributed by atoms with Crippen molar-refractivity contribution in [2.24, 2.45) is 0 Å². The van der Waals surface area contributed by atoms with Crippen molar-refractivity contribution < 1.29 is 4.79 Å². The molecule has 170 valence electrons. The van der Waals surface area contributed by atoms with E-state index in [0.717, 1.165) is 65.0 Å². The fraction of sp³-hybridized carbons (Fsp3) is 0.292. The lowest BCUT2D eigenvalue weighted by atomic mass is 10.1. The quantitative estimate of drug-likeness (QED) is 0.432. The molecule has 3 aromatic heterocycles. The molecule has 0 saturated carbocycles. The second-order valence-corrected chi connectivity index (χ2v) is 9.08. The van der Waals surface area contributed by atoms with Crippen LogP contribution in [0.2, 0.25) is 0 Å². The topological polar surface area (TPSA) is 85.7 Å². The second kappa shape index (κ2) is 8.99. The Balaban J connectivity index is 1.26. The first kappa shape index (κ1) is 21.7. The van der Waals surface area contributed by atoms with Crippen molar-refractivity contribution in [3.63, 3.8) is 0 Å². The standard InChI is InChI=1S/C24H25BrN6O2/c1-2-26-23(32)17-5-6-20(18(25)13-17)30-10-8-29(9-11-30)15-16-12-19-22(27-14-16)21-4-3-7-31(21)24(33)28-19/h3-7,12-14H,2,8-11,15H2,1H3,(H,26,32)(H,28,33). The van der Waals surface area contributed by atoms with Gasteiger partial charge < -0.3 is 15.2 Å². The van der Waals surface area contributed by atoms with Crippen molar-refractivity contribution in [3.8, 4) is 0 Å². The number of anilines is 1. The van der Waals surface area contributed by atoms with Crippen molar-refractivity contribution in [2.45, 2.75) is 13.5 Å². The molecule has 0 unspecified atom stereocenters. The number of halogens is 1. The third kappa shape index (κ3) is 4.26. The molecular weight excluding hydrogens is 484 g/mol. The van der Waals surface area contributed by atoms with Crippen LogP contribution in [0.1, 0.15) is 22.8 Å². The molecule has 5 rings (SSSR count). The largest absolute Gasteiger partial charge is 0.368 e. The zero-order valence-electron chi connectivity index (χ0n) is 18.3. The molecule has 1 amide bonds. The van der Waals surface area contributed by atoms with Gasteiger partial charge in [0.05, 0.1) is 16.7 Å². The van der Waals surface area contributed by atoms with Crippen LogP contribution < -0.4 is 15.9 Å². The maximum Gasteiger partial charge on any atom is 0.330 e. The number of H-pyrrole nitrogens is 1. The van der Waals surface area contributed by atoms with Gasteiger partial charge >= 0.3 is 5.69 Å². The number of carbonyl (C=O) groups excluding carboxylic acids is 1. The first-order valence-electron chi connectivity index (χ1n) is 11.1. The van der Waals surface area contributed by atoms with Gasteiger partial charge in [-0.3, -0.25) is 19.1 Å². The third-order valence-electron chi connectivity index (χ3n) is 6.06. The predicted octanol–water partition coefficient (Wildman–Crippen LogP) is 3.01. The van der Waals surface area contributed by atoms with Crippen molar-refractivity contribution in [2.75, 3.05) is 37.6 Å². The first-order valence-corrected chi connectivity index (χ1v) is 11.9. The van der Waals surface area contributed by atoms with Gasteiger partial charge in [0.2, 0.25) is 0 Å². The molecule has 33 heavy (non-hydrogen) atoms. The lowest BCUT2D eigenvalue weighted by molar-refractivity contribution is 0.0956. The van der Waals surface area contributed by atoms with Gasteiger partial charge in [-0.2, -0.15) is 0 Å². The van der Waals surface area contributed by atoms with Crippen molar-refractivity contribution in [3.05, 3.63) is 74.9 Å². The average Bonchev–Trinajstić information content (AvgIpc) is 3.31. The predicted molar refractivity (Wildman–Crippen MR) is 133 cm³/mol. The van der Waals surface area contributed by atoms with Gasteiger partial charge in [0, 0.05) is 61.7 Å². The first-order chi connectivity index (χ1) is 16.0. The van der Waals surface area contributed by atoms with Gasteiger partial charge in [-0.25, -0.2) is 4.79 Å². The molecule has 1 aliphatic heterocycles. The second-order valence-electron chi connectivity index (χ2n) is 8.22. The number of nitrogens with zero attached hydrogens (tertiary/aromatic N) is 4. The zero-order chi connectivity index (χ0) is 22.9. The average molecular weight is 509 g/mol. The molecular formula is C24H25BrN6O2. The summed E-state index contributed by atoms with van der Waals surface area (Å²) in [5.74, 6) is -0.0578. The molecule has 8 nitrogen and oxygen atoms in total. The summed E-state index contributed by atoms with van der Waals surface area (Å²) in [6.07, 6.45) is 3.64. The van der Waals surface area contributed by atoms with E-state index >= 15 is 0 Å². The monoisotopic (exact) mass is 508 g/mol. The van der Waals surface area contributed by atoms with E-state index in [2.05, 4.69) is 41.0 Å². The van der Waals surface area contributed by atoms with Gasteiger partial charge in [-0.05, 0) is 64.8 Å². The molecule has 1 saturated heterocycles. The number of aromatic amines is 1. The number of hydrogen-bond acceptors (Lipinski definition) is 5. The van der Waals surface area contributed by atoms with E-state index in [0.29, 0.717) is 12.1 Å². The molecule has 0 bridgehead atoms. The Morgan fingerprint density at radius 1 is 1.18 bits per heavy atom. The Kier molecular flexibility index (Phi) is 5.90. The van der Waals surface area contributed by atoms with Gasteiger partial charge in [0.15, 0.2) is 0 Å². The molecule has 0 aliphatic carbocycles. The highest BCUT2D eigenvalue weighted by Gasteiger charge is 2.20. The van der Waals surface area contributed by atoms with Crippen LogP contribution >= 0.6 is 15.9 Å². The van der Waals surface area contributed by atoms with Gasteiger partial charge in [-0.15, -0.1) is 0 Å². The normalized spacial score (nSPS) is 14.8. The van der Waals surface area contributed by atoms with E-state index in [-0.39, 0.29) is 11.6 Å². The lowest BCUT2D eigenvalue weighted by Gasteiger charge is -2.36. The minimum Gasteiger partial charge on any atom is -0.368 e. The molecule has 0 radical (unpaired) electrons. The van der Waals surface area contributed by atoms with Crippen LogP contribution in [0.25, 0.3) is 16.6 Å². The molecule has 1 aromatic carbocycles. The summed E-state index contributed by atoms with van der Waals surface area (Å²) in [7, 11) is 0. The Hall–Kier alpha value is -3.17. The lowest BCUT2D eigenvalue weighted by Crippen LogP contribution is -2.46. The maximum atomic E-state index is 12.3. The molecule has 1 aliphatic rings. The summed E-state index contributed by atoms with van der Waals surface area (Å²) in [6.45, 7) is 6.91. The molecule has 1 fully saturated rings. The summed E-state index contributed by atoms with van der Waals surface area (Å²) in [6, 6.07) is 11.6. The molecule has 0 atom stereocenters. The van der Waals surface area contributed by atoms with Crippen LogP contribution in [0.15, 0.2) is 58.1 Å². The van der Waals surface area contributed by atoms with E-state index in [1.165, 1.54) is 0 Å². The molecule has 4 aromatic rings. The third-order valence-corrected chi connectivity index (χ3v) is 6.70. The van der Waals surface area contributed by atoms with E-state index in [1.54, 1.807) is 10.6 Å². The number of nitrogens with one attached hydrogen (secondary N) is 2. The number of fused-ring (bicyclic) bond motifs is 3. The molecule has 4 heterocycles. The molecule has 0 spiro atoms. The van der Waals surface area contributed by atoms with Gasteiger partial charge in [0.1, 0.15) is 5.52 Å². The Morgan fingerprint density at radius 3 is 2.76 bits per heavy atom. The SMILES string of the molecule is CCNC(=O)c1ccc(N2CCN(Cc3cnc4c(c3)[nH]c(=O)n3cccc43)CC2)c(Br)c1. The zero-order valence-corrected chi connectivity index (χ0v) is 19.9. The van der Waals surface area contributed by atoms with Crippen LogP contribution in [0, 0.1) is 0 Å². The number of amides is 1. The summed E-state index contributed by atoms with van der Waals surface area (Å²) >= 11 is 3.64. The van der Waals surface area contributed by atoms with Crippen molar-refractivity contribution in [1.82, 2.24) is 24.6 Å². The molecule has 2 N–H and O–H groups in total. The van der Waals surface area contributed by atoms with Crippen molar-refractivity contribution in [1.29, 1.82) is 0 Å². The Bertz CT molecular complexity index is 1390. The number of hydrogen-bond donors (Lipinski definition) is 2. The van der Waals surface area contributed by atoms with Crippen LogP contribution in [0.3, 0.4) is 0 Å². The van der Waals surface area contributed by atoms with Crippen LogP contribution in [-0.4, -0.2) is 57.9 Å². The van der Waals surface area contributed by atoms with Crippen LogP contribution in [-0.2, 0) is 6.54 Å². The molecule has 9 heteroatoms. The minimum absolute atomic E-state index is 0.0578. The number of benzene rings is 1. The Labute approximate surface area is 199 Å². The highest BCUT2D eigenvalue weighted by Crippen LogP contribution is 2.28. The number of piperazine rings is 1. The van der Waals surface area contributed by atoms with E-state index < -0.39 is 0 Å². The van der Waals surface area contributed by atoms with Crippen LogP contribution in [0.4, 0.5) is 5.69 Å². The van der Waals surface area contributed by atoms with E-state index in [9.17, 15) is 9.59 Å². The number of aromatic nitrogens is 3. The van der Waals surface area contributed by atoms with E-state index in [4.69, 9.17) is 0 Å². The fourth-order valence-corrected chi connectivity index (χ4v) is 5.02. The van der Waals surface area contributed by atoms with Gasteiger partial charge in [0.25, 0.3) is 5.91 Å².